The minimum atomic E-state index is -0.286. The van der Waals surface area contributed by atoms with Crippen molar-refractivity contribution in [3.05, 3.63) is 35.6 Å². The van der Waals surface area contributed by atoms with Crippen LogP contribution in [0, 0.1) is 11.7 Å². The summed E-state index contributed by atoms with van der Waals surface area (Å²) in [7, 11) is 0. The molecule has 3 atom stereocenters. The smallest absolute Gasteiger partial charge is 0.226 e. The van der Waals surface area contributed by atoms with E-state index in [0.717, 1.165) is 25.9 Å². The third kappa shape index (κ3) is 3.72. The van der Waals surface area contributed by atoms with Crippen molar-refractivity contribution in [2.24, 2.45) is 5.92 Å². The maximum absolute atomic E-state index is 13.8. The molecule has 1 heterocycles. The number of aliphatic hydroxyl groups excluding tert-OH is 1. The number of nitrogens with zero attached hydrogens (tertiary/aromatic N) is 2. The van der Waals surface area contributed by atoms with Gasteiger partial charge in [0.25, 0.3) is 0 Å². The maximum atomic E-state index is 13.8. The first-order chi connectivity index (χ1) is 11.1. The van der Waals surface area contributed by atoms with Gasteiger partial charge in [0, 0.05) is 38.6 Å². The SMILES string of the molecule is CCC(O)CN1CCN(C(=O)C2CC2c2ccccc2F)CC1. The molecule has 1 aromatic carbocycles. The first-order valence-corrected chi connectivity index (χ1v) is 8.53. The summed E-state index contributed by atoms with van der Waals surface area (Å²) in [4.78, 5) is 16.7. The highest BCUT2D eigenvalue weighted by Gasteiger charge is 2.47. The van der Waals surface area contributed by atoms with Crippen LogP contribution in [-0.4, -0.2) is 59.6 Å². The standard InChI is InChI=1S/C18H25FN2O2/c1-2-13(22)12-20-7-9-21(10-8-20)18(23)16-11-15(16)14-5-3-4-6-17(14)19/h3-6,13,15-16,22H,2,7-12H2,1H3. The Hall–Kier alpha value is -1.46. The van der Waals surface area contributed by atoms with Crippen LogP contribution in [0.25, 0.3) is 0 Å². The van der Waals surface area contributed by atoms with E-state index in [0.29, 0.717) is 25.2 Å². The molecule has 1 saturated heterocycles. The molecule has 1 amide bonds. The largest absolute Gasteiger partial charge is 0.392 e. The van der Waals surface area contributed by atoms with Crippen LogP contribution in [0.4, 0.5) is 4.39 Å². The number of carbonyl (C=O) groups is 1. The van der Waals surface area contributed by atoms with E-state index < -0.39 is 0 Å². The van der Waals surface area contributed by atoms with E-state index in [1.54, 1.807) is 12.1 Å². The molecule has 3 rings (SSSR count). The van der Waals surface area contributed by atoms with Crippen molar-refractivity contribution in [1.82, 2.24) is 9.80 Å². The summed E-state index contributed by atoms with van der Waals surface area (Å²) in [6, 6.07) is 6.77. The molecular weight excluding hydrogens is 295 g/mol. The Morgan fingerprint density at radius 1 is 1.30 bits per heavy atom. The number of amides is 1. The van der Waals surface area contributed by atoms with Crippen LogP contribution in [0.5, 0.6) is 0 Å². The quantitative estimate of drug-likeness (QED) is 0.900. The van der Waals surface area contributed by atoms with Gasteiger partial charge in [0.15, 0.2) is 0 Å². The van der Waals surface area contributed by atoms with Crippen molar-refractivity contribution >= 4 is 5.91 Å². The predicted octanol–water partition coefficient (Wildman–Crippen LogP) is 1.84. The number of rotatable bonds is 5. The molecular formula is C18H25FN2O2. The molecule has 0 aromatic heterocycles. The van der Waals surface area contributed by atoms with Gasteiger partial charge in [-0.15, -0.1) is 0 Å². The van der Waals surface area contributed by atoms with Crippen molar-refractivity contribution in [3.63, 3.8) is 0 Å². The highest BCUT2D eigenvalue weighted by molar-refractivity contribution is 5.83. The minimum Gasteiger partial charge on any atom is -0.392 e. The molecule has 1 aliphatic carbocycles. The second-order valence-corrected chi connectivity index (χ2v) is 6.66. The molecule has 0 radical (unpaired) electrons. The van der Waals surface area contributed by atoms with Gasteiger partial charge in [-0.25, -0.2) is 4.39 Å². The first kappa shape index (κ1) is 16.4. The maximum Gasteiger partial charge on any atom is 0.226 e. The number of aliphatic hydroxyl groups is 1. The van der Waals surface area contributed by atoms with Crippen LogP contribution in [0.2, 0.25) is 0 Å². The zero-order valence-corrected chi connectivity index (χ0v) is 13.6. The van der Waals surface area contributed by atoms with Gasteiger partial charge in [0.05, 0.1) is 6.10 Å². The third-order valence-corrected chi connectivity index (χ3v) is 5.04. The van der Waals surface area contributed by atoms with E-state index in [9.17, 15) is 14.3 Å². The van der Waals surface area contributed by atoms with Crippen LogP contribution in [0.15, 0.2) is 24.3 Å². The third-order valence-electron chi connectivity index (χ3n) is 5.04. The average molecular weight is 320 g/mol. The topological polar surface area (TPSA) is 43.8 Å². The molecule has 0 spiro atoms. The molecule has 126 valence electrons. The molecule has 0 bridgehead atoms. The summed E-state index contributed by atoms with van der Waals surface area (Å²) in [5.41, 5.74) is 0.676. The van der Waals surface area contributed by atoms with E-state index in [1.165, 1.54) is 6.07 Å². The van der Waals surface area contributed by atoms with Crippen LogP contribution < -0.4 is 0 Å². The summed E-state index contributed by atoms with van der Waals surface area (Å²) in [5, 5.41) is 9.71. The summed E-state index contributed by atoms with van der Waals surface area (Å²) < 4.78 is 13.8. The minimum absolute atomic E-state index is 0.0450. The molecule has 23 heavy (non-hydrogen) atoms. The zero-order valence-electron chi connectivity index (χ0n) is 13.6. The molecule has 2 fully saturated rings. The Balaban J connectivity index is 1.50. The molecule has 1 aromatic rings. The molecule has 1 N–H and O–H groups in total. The van der Waals surface area contributed by atoms with Crippen molar-refractivity contribution < 1.29 is 14.3 Å². The fourth-order valence-electron chi connectivity index (χ4n) is 3.40. The van der Waals surface area contributed by atoms with Crippen LogP contribution in [0.1, 0.15) is 31.2 Å². The Labute approximate surface area is 136 Å². The van der Waals surface area contributed by atoms with Gasteiger partial charge in [0.2, 0.25) is 5.91 Å². The van der Waals surface area contributed by atoms with Gasteiger partial charge in [-0.1, -0.05) is 25.1 Å². The van der Waals surface area contributed by atoms with Crippen LogP contribution >= 0.6 is 0 Å². The van der Waals surface area contributed by atoms with Gasteiger partial charge in [-0.05, 0) is 30.4 Å². The Bertz CT molecular complexity index is 558. The van der Waals surface area contributed by atoms with Gasteiger partial charge in [-0.3, -0.25) is 9.69 Å². The highest BCUT2D eigenvalue weighted by Crippen LogP contribution is 2.49. The summed E-state index contributed by atoms with van der Waals surface area (Å²) in [6.45, 7) is 5.67. The van der Waals surface area contributed by atoms with Crippen molar-refractivity contribution in [1.29, 1.82) is 0 Å². The van der Waals surface area contributed by atoms with E-state index in [-0.39, 0.29) is 29.7 Å². The zero-order chi connectivity index (χ0) is 16.4. The second kappa shape index (κ2) is 6.97. The Morgan fingerprint density at radius 3 is 2.65 bits per heavy atom. The van der Waals surface area contributed by atoms with E-state index in [2.05, 4.69) is 4.90 Å². The summed E-state index contributed by atoms with van der Waals surface area (Å²) in [5.74, 6) is -0.0524. The number of hydrogen-bond donors (Lipinski definition) is 1. The molecule has 4 nitrogen and oxygen atoms in total. The van der Waals surface area contributed by atoms with Gasteiger partial charge >= 0.3 is 0 Å². The van der Waals surface area contributed by atoms with E-state index >= 15 is 0 Å². The van der Waals surface area contributed by atoms with Crippen LogP contribution in [-0.2, 0) is 4.79 Å². The lowest BCUT2D eigenvalue weighted by atomic mass is 10.1. The predicted molar refractivity (Wildman–Crippen MR) is 86.6 cm³/mol. The number of carbonyl (C=O) groups excluding carboxylic acids is 1. The summed E-state index contributed by atoms with van der Waals surface area (Å²) >= 11 is 0. The molecule has 1 saturated carbocycles. The summed E-state index contributed by atoms with van der Waals surface area (Å²) in [6.07, 6.45) is 1.23. The lowest BCUT2D eigenvalue weighted by Gasteiger charge is -2.35. The van der Waals surface area contributed by atoms with Crippen molar-refractivity contribution in [2.75, 3.05) is 32.7 Å². The molecule has 1 aliphatic heterocycles. The first-order valence-electron chi connectivity index (χ1n) is 8.53. The Morgan fingerprint density at radius 2 is 2.00 bits per heavy atom. The van der Waals surface area contributed by atoms with Gasteiger partial charge in [0.1, 0.15) is 5.82 Å². The normalized spacial score (nSPS) is 26.1. The average Bonchev–Trinajstić information content (AvgIpc) is 3.35. The molecule has 5 heteroatoms. The Kier molecular flexibility index (Phi) is 4.97. The second-order valence-electron chi connectivity index (χ2n) is 6.66. The molecule has 3 unspecified atom stereocenters. The lowest BCUT2D eigenvalue weighted by Crippen LogP contribution is -2.50. The fraction of sp³-hybridized carbons (Fsp3) is 0.611. The van der Waals surface area contributed by atoms with Gasteiger partial charge in [-0.2, -0.15) is 0 Å². The molecule has 2 aliphatic rings. The highest BCUT2D eigenvalue weighted by atomic mass is 19.1. The van der Waals surface area contributed by atoms with Crippen molar-refractivity contribution in [2.45, 2.75) is 31.8 Å². The number of piperazine rings is 1. The lowest BCUT2D eigenvalue weighted by molar-refractivity contribution is -0.134. The number of benzene rings is 1. The fourth-order valence-corrected chi connectivity index (χ4v) is 3.40. The number of hydrogen-bond acceptors (Lipinski definition) is 3. The van der Waals surface area contributed by atoms with Crippen LogP contribution in [0.3, 0.4) is 0 Å². The van der Waals surface area contributed by atoms with Crippen molar-refractivity contribution in [3.8, 4) is 0 Å². The van der Waals surface area contributed by atoms with E-state index in [1.807, 2.05) is 17.9 Å². The monoisotopic (exact) mass is 320 g/mol. The van der Waals surface area contributed by atoms with Gasteiger partial charge < -0.3 is 10.0 Å². The number of β-amino-alcohol motifs (C(OH)–C–C–N with tert-alkyl or cyclic N) is 1. The number of halogens is 1. The van der Waals surface area contributed by atoms with E-state index in [4.69, 9.17) is 0 Å².